The van der Waals surface area contributed by atoms with Crippen molar-refractivity contribution in [3.05, 3.63) is 38.9 Å². The fourth-order valence-corrected chi connectivity index (χ4v) is 2.60. The van der Waals surface area contributed by atoms with Crippen molar-refractivity contribution >= 4 is 55.5 Å². The first kappa shape index (κ1) is 14.3. The SMILES string of the molecule is CCOC(=O)c1ncsc1Nc1cc(Br)ccc1Cl. The number of nitrogens with one attached hydrogen (secondary N) is 1. The first-order chi connectivity index (χ1) is 9.11. The Morgan fingerprint density at radius 3 is 3.11 bits per heavy atom. The summed E-state index contributed by atoms with van der Waals surface area (Å²) in [6.45, 7) is 2.07. The molecule has 0 radical (unpaired) electrons. The zero-order valence-corrected chi connectivity index (χ0v) is 13.1. The van der Waals surface area contributed by atoms with Gasteiger partial charge in [-0.2, -0.15) is 0 Å². The molecule has 19 heavy (non-hydrogen) atoms. The van der Waals surface area contributed by atoms with Gasteiger partial charge in [-0.05, 0) is 25.1 Å². The molecule has 100 valence electrons. The van der Waals surface area contributed by atoms with Crippen molar-refractivity contribution < 1.29 is 9.53 Å². The highest BCUT2D eigenvalue weighted by molar-refractivity contribution is 9.10. The van der Waals surface area contributed by atoms with Crippen LogP contribution >= 0.6 is 38.9 Å². The molecular formula is C12H10BrClN2O2S. The summed E-state index contributed by atoms with van der Waals surface area (Å²) in [6.07, 6.45) is 0. The van der Waals surface area contributed by atoms with Crippen LogP contribution in [0.4, 0.5) is 10.7 Å². The minimum absolute atomic E-state index is 0.267. The van der Waals surface area contributed by atoms with Crippen molar-refractivity contribution in [2.24, 2.45) is 0 Å². The molecule has 1 aromatic carbocycles. The number of halogens is 2. The number of benzene rings is 1. The third kappa shape index (κ3) is 3.46. The molecule has 0 atom stereocenters. The van der Waals surface area contributed by atoms with Crippen molar-refractivity contribution in [3.8, 4) is 0 Å². The van der Waals surface area contributed by atoms with Crippen LogP contribution in [0.1, 0.15) is 17.4 Å². The van der Waals surface area contributed by atoms with Gasteiger partial charge in [0.25, 0.3) is 0 Å². The van der Waals surface area contributed by atoms with Crippen molar-refractivity contribution in [1.82, 2.24) is 4.98 Å². The predicted molar refractivity (Wildman–Crippen MR) is 80.5 cm³/mol. The quantitative estimate of drug-likeness (QED) is 0.816. The van der Waals surface area contributed by atoms with Crippen molar-refractivity contribution in [3.63, 3.8) is 0 Å². The molecular weight excluding hydrogens is 352 g/mol. The number of ether oxygens (including phenoxy) is 1. The van der Waals surface area contributed by atoms with E-state index in [2.05, 4.69) is 26.2 Å². The Bertz CT molecular complexity index is 603. The van der Waals surface area contributed by atoms with E-state index in [0.717, 1.165) is 4.47 Å². The summed E-state index contributed by atoms with van der Waals surface area (Å²) in [5.74, 6) is -0.447. The van der Waals surface area contributed by atoms with Gasteiger partial charge in [0.05, 0.1) is 22.8 Å². The molecule has 0 aliphatic rings. The largest absolute Gasteiger partial charge is 0.461 e. The van der Waals surface area contributed by atoms with Crippen molar-refractivity contribution in [1.29, 1.82) is 0 Å². The van der Waals surface area contributed by atoms with Crippen molar-refractivity contribution in [2.45, 2.75) is 6.92 Å². The number of esters is 1. The predicted octanol–water partition coefficient (Wildman–Crippen LogP) is 4.48. The lowest BCUT2D eigenvalue weighted by atomic mass is 10.3. The van der Waals surface area contributed by atoms with E-state index in [1.165, 1.54) is 11.3 Å². The topological polar surface area (TPSA) is 51.2 Å². The molecule has 4 nitrogen and oxygen atoms in total. The number of rotatable bonds is 4. The standard InChI is InChI=1S/C12H10BrClN2O2S/c1-2-18-12(17)10-11(19-6-15-10)16-9-5-7(13)3-4-8(9)14/h3-6,16H,2H2,1H3. The summed E-state index contributed by atoms with van der Waals surface area (Å²) in [5, 5.41) is 4.27. The number of aromatic nitrogens is 1. The second-order valence-electron chi connectivity index (χ2n) is 3.50. The molecule has 1 N–H and O–H groups in total. The van der Waals surface area contributed by atoms with Crippen LogP contribution < -0.4 is 5.32 Å². The number of nitrogens with zero attached hydrogens (tertiary/aromatic N) is 1. The number of carbonyl (C=O) groups excluding carboxylic acids is 1. The number of thiazole rings is 1. The Hall–Kier alpha value is -1.11. The second-order valence-corrected chi connectivity index (χ2v) is 5.68. The van der Waals surface area contributed by atoms with Crippen LogP contribution in [-0.2, 0) is 4.74 Å². The average Bonchev–Trinajstić information content (AvgIpc) is 2.82. The van der Waals surface area contributed by atoms with Crippen molar-refractivity contribution in [2.75, 3.05) is 11.9 Å². The minimum atomic E-state index is -0.447. The van der Waals surface area contributed by atoms with E-state index in [1.807, 2.05) is 12.1 Å². The highest BCUT2D eigenvalue weighted by atomic mass is 79.9. The molecule has 2 rings (SSSR count). The smallest absolute Gasteiger partial charge is 0.360 e. The summed E-state index contributed by atoms with van der Waals surface area (Å²) in [5.41, 5.74) is 2.55. The van der Waals surface area contributed by atoms with Gasteiger partial charge >= 0.3 is 5.97 Å². The van der Waals surface area contributed by atoms with Gasteiger partial charge in [0.1, 0.15) is 5.00 Å². The van der Waals surface area contributed by atoms with Gasteiger partial charge in [0.2, 0.25) is 0 Å². The van der Waals surface area contributed by atoms with Crippen LogP contribution in [0.5, 0.6) is 0 Å². The molecule has 0 saturated heterocycles. The Balaban J connectivity index is 2.26. The maximum Gasteiger partial charge on any atom is 0.360 e. The number of hydrogen-bond acceptors (Lipinski definition) is 5. The van der Waals surface area contributed by atoms with Crippen LogP contribution in [0.15, 0.2) is 28.2 Å². The zero-order valence-electron chi connectivity index (χ0n) is 9.94. The van der Waals surface area contributed by atoms with Gasteiger partial charge in [0, 0.05) is 4.47 Å². The lowest BCUT2D eigenvalue weighted by Gasteiger charge is -2.08. The fraction of sp³-hybridized carbons (Fsp3) is 0.167. The highest BCUT2D eigenvalue weighted by Crippen LogP contribution is 2.31. The monoisotopic (exact) mass is 360 g/mol. The Morgan fingerprint density at radius 1 is 1.58 bits per heavy atom. The van der Waals surface area contributed by atoms with E-state index in [1.54, 1.807) is 18.5 Å². The van der Waals surface area contributed by atoms with Crippen LogP contribution in [0.2, 0.25) is 5.02 Å². The Morgan fingerprint density at radius 2 is 2.37 bits per heavy atom. The van der Waals surface area contributed by atoms with E-state index in [4.69, 9.17) is 16.3 Å². The van der Waals surface area contributed by atoms with Crippen LogP contribution in [0, 0.1) is 0 Å². The van der Waals surface area contributed by atoms with Crippen LogP contribution in [-0.4, -0.2) is 17.6 Å². The molecule has 0 aliphatic heterocycles. The third-order valence-electron chi connectivity index (χ3n) is 2.21. The molecule has 0 fully saturated rings. The highest BCUT2D eigenvalue weighted by Gasteiger charge is 2.17. The molecule has 1 aromatic heterocycles. The first-order valence-electron chi connectivity index (χ1n) is 5.44. The van der Waals surface area contributed by atoms with Gasteiger partial charge in [-0.25, -0.2) is 9.78 Å². The van der Waals surface area contributed by atoms with Gasteiger partial charge in [-0.15, -0.1) is 11.3 Å². The first-order valence-corrected chi connectivity index (χ1v) is 7.49. The summed E-state index contributed by atoms with van der Waals surface area (Å²) < 4.78 is 5.83. The summed E-state index contributed by atoms with van der Waals surface area (Å²) in [6, 6.07) is 5.43. The molecule has 2 aromatic rings. The van der Waals surface area contributed by atoms with Crippen LogP contribution in [0.3, 0.4) is 0 Å². The fourth-order valence-electron chi connectivity index (χ4n) is 1.40. The average molecular weight is 362 g/mol. The summed E-state index contributed by atoms with van der Waals surface area (Å²) in [4.78, 5) is 15.7. The number of carbonyl (C=O) groups is 1. The third-order valence-corrected chi connectivity index (χ3v) is 3.78. The maximum absolute atomic E-state index is 11.7. The van der Waals surface area contributed by atoms with E-state index in [0.29, 0.717) is 22.3 Å². The van der Waals surface area contributed by atoms with E-state index in [-0.39, 0.29) is 5.69 Å². The van der Waals surface area contributed by atoms with Crippen LogP contribution in [0.25, 0.3) is 0 Å². The summed E-state index contributed by atoms with van der Waals surface area (Å²) >= 11 is 10.8. The molecule has 0 saturated carbocycles. The maximum atomic E-state index is 11.7. The molecule has 0 aliphatic carbocycles. The lowest BCUT2D eigenvalue weighted by molar-refractivity contribution is 0.0521. The molecule has 0 unspecified atom stereocenters. The number of hydrogen-bond donors (Lipinski definition) is 1. The molecule has 0 bridgehead atoms. The Kier molecular flexibility index (Phi) is 4.79. The van der Waals surface area contributed by atoms with Gasteiger partial charge in [-0.1, -0.05) is 27.5 Å². The van der Waals surface area contributed by atoms with E-state index >= 15 is 0 Å². The normalized spacial score (nSPS) is 10.3. The van der Waals surface area contributed by atoms with E-state index < -0.39 is 5.97 Å². The van der Waals surface area contributed by atoms with Gasteiger partial charge in [0.15, 0.2) is 5.69 Å². The minimum Gasteiger partial charge on any atom is -0.461 e. The molecule has 7 heteroatoms. The second kappa shape index (κ2) is 6.36. The Labute approximate surface area is 127 Å². The number of anilines is 2. The molecule has 0 spiro atoms. The molecule has 0 amide bonds. The van der Waals surface area contributed by atoms with Gasteiger partial charge < -0.3 is 10.1 Å². The zero-order chi connectivity index (χ0) is 13.8. The summed E-state index contributed by atoms with van der Waals surface area (Å²) in [7, 11) is 0. The molecule has 1 heterocycles. The van der Waals surface area contributed by atoms with E-state index in [9.17, 15) is 4.79 Å². The lowest BCUT2D eigenvalue weighted by Crippen LogP contribution is -2.07. The van der Waals surface area contributed by atoms with Gasteiger partial charge in [-0.3, -0.25) is 0 Å².